The third kappa shape index (κ3) is 39.7. The number of hydrogen-bond donors (Lipinski definition) is 2. The van der Waals surface area contributed by atoms with Gasteiger partial charge >= 0.3 is 5.97 Å². The second-order valence-electron chi connectivity index (χ2n) is 17.6. The number of aliphatic hydroxyl groups excluding tert-OH is 1. The van der Waals surface area contributed by atoms with Crippen LogP contribution in [0.5, 0.6) is 0 Å². The summed E-state index contributed by atoms with van der Waals surface area (Å²) < 4.78 is 5.65. The van der Waals surface area contributed by atoms with Crippen LogP contribution < -0.4 is 5.32 Å². The molecule has 6 nitrogen and oxygen atoms in total. The molecule has 0 aromatic carbocycles. The number of ether oxygens (including phenoxy) is 1. The summed E-state index contributed by atoms with van der Waals surface area (Å²) in [7, 11) is 0. The van der Waals surface area contributed by atoms with Crippen molar-refractivity contribution in [2.45, 2.75) is 271 Å². The third-order valence-corrected chi connectivity index (χ3v) is 12.0. The molecule has 0 saturated heterocycles. The Morgan fingerprint density at radius 2 is 0.857 bits per heavy atom. The molecule has 0 aliphatic rings. The number of nitrogens with one attached hydrogen (secondary N) is 1. The van der Waals surface area contributed by atoms with E-state index in [-0.39, 0.29) is 18.5 Å². The predicted octanol–water partition coefficient (Wildman–Crippen LogP) is 14.4. The summed E-state index contributed by atoms with van der Waals surface area (Å²) in [6.45, 7) is 13.3. The predicted molar refractivity (Wildman–Crippen MR) is 243 cm³/mol. The van der Waals surface area contributed by atoms with Crippen molar-refractivity contribution in [1.29, 1.82) is 0 Å². The number of nitrogens with zero attached hydrogens (tertiary/aromatic N) is 1. The first-order valence-corrected chi connectivity index (χ1v) is 25.3. The summed E-state index contributed by atoms with van der Waals surface area (Å²) in [5.74, 6) is 0.984. The average molecular weight is 793 g/mol. The zero-order chi connectivity index (χ0) is 41.0. The molecule has 0 radical (unpaired) electrons. The van der Waals surface area contributed by atoms with Gasteiger partial charge in [0.05, 0.1) is 6.61 Å². The van der Waals surface area contributed by atoms with Gasteiger partial charge in [-0.15, -0.1) is 0 Å². The molecule has 0 atom stereocenters. The zero-order valence-electron chi connectivity index (χ0n) is 38.5. The Hall–Kier alpha value is -1.14. The van der Waals surface area contributed by atoms with Gasteiger partial charge in [0.2, 0.25) is 5.91 Å². The van der Waals surface area contributed by atoms with Crippen molar-refractivity contribution in [2.75, 3.05) is 32.8 Å². The van der Waals surface area contributed by atoms with Crippen molar-refractivity contribution >= 4 is 11.9 Å². The van der Waals surface area contributed by atoms with Crippen LogP contribution >= 0.6 is 0 Å². The van der Waals surface area contributed by atoms with Crippen LogP contribution in [0.25, 0.3) is 0 Å². The number of amides is 1. The van der Waals surface area contributed by atoms with E-state index in [1.807, 2.05) is 0 Å². The van der Waals surface area contributed by atoms with E-state index in [1.54, 1.807) is 0 Å². The van der Waals surface area contributed by atoms with Crippen molar-refractivity contribution in [3.8, 4) is 0 Å². The minimum Gasteiger partial charge on any atom is -0.466 e. The molecule has 0 bridgehead atoms. The minimum atomic E-state index is -0.00423. The van der Waals surface area contributed by atoms with Crippen LogP contribution in [0.2, 0.25) is 0 Å². The Kier molecular flexibility index (Phi) is 44.0. The SMILES string of the molecule is CCCCCCCCC(CCCCCCCC)NC(=O)CCCCCCCN(CCCCO)CCCCCCCC(=O)OCCC(CCCCC)CCCCC. The second kappa shape index (κ2) is 45.0. The van der Waals surface area contributed by atoms with E-state index in [0.29, 0.717) is 31.4 Å². The molecule has 0 rings (SSSR count). The van der Waals surface area contributed by atoms with Gasteiger partial charge in [0.25, 0.3) is 0 Å². The Labute approximate surface area is 350 Å². The Balaban J connectivity index is 4.22. The van der Waals surface area contributed by atoms with Crippen molar-refractivity contribution in [3.05, 3.63) is 0 Å². The lowest BCUT2D eigenvalue weighted by Crippen LogP contribution is -2.34. The Bertz CT molecular complexity index is 782. The van der Waals surface area contributed by atoms with Crippen LogP contribution in [0.3, 0.4) is 0 Å². The van der Waals surface area contributed by atoms with E-state index in [4.69, 9.17) is 4.74 Å². The number of carbonyl (C=O) groups excluding carboxylic acids is 2. The molecular formula is C50H100N2O4. The molecule has 56 heavy (non-hydrogen) atoms. The average Bonchev–Trinajstić information content (AvgIpc) is 3.19. The Morgan fingerprint density at radius 1 is 0.464 bits per heavy atom. The molecule has 0 aromatic rings. The topological polar surface area (TPSA) is 78.9 Å². The van der Waals surface area contributed by atoms with E-state index < -0.39 is 0 Å². The van der Waals surface area contributed by atoms with Gasteiger partial charge in [-0.3, -0.25) is 9.59 Å². The van der Waals surface area contributed by atoms with E-state index in [2.05, 4.69) is 37.9 Å². The number of esters is 1. The van der Waals surface area contributed by atoms with Gasteiger partial charge in [0.15, 0.2) is 0 Å². The third-order valence-electron chi connectivity index (χ3n) is 12.0. The van der Waals surface area contributed by atoms with Gasteiger partial charge in [-0.2, -0.15) is 0 Å². The van der Waals surface area contributed by atoms with Crippen LogP contribution in [0.15, 0.2) is 0 Å². The monoisotopic (exact) mass is 793 g/mol. The van der Waals surface area contributed by atoms with Crippen molar-refractivity contribution in [1.82, 2.24) is 10.2 Å². The van der Waals surface area contributed by atoms with E-state index >= 15 is 0 Å². The molecule has 0 fully saturated rings. The van der Waals surface area contributed by atoms with Crippen LogP contribution in [0.1, 0.15) is 265 Å². The number of rotatable bonds is 46. The number of hydrogen-bond acceptors (Lipinski definition) is 5. The second-order valence-corrected chi connectivity index (χ2v) is 17.6. The first kappa shape index (κ1) is 54.9. The van der Waals surface area contributed by atoms with Crippen LogP contribution in [-0.2, 0) is 14.3 Å². The highest BCUT2D eigenvalue weighted by molar-refractivity contribution is 5.76. The molecule has 1 amide bonds. The largest absolute Gasteiger partial charge is 0.466 e. The smallest absolute Gasteiger partial charge is 0.305 e. The quantitative estimate of drug-likeness (QED) is 0.0474. The highest BCUT2D eigenvalue weighted by atomic mass is 16.5. The van der Waals surface area contributed by atoms with E-state index in [1.165, 1.54) is 167 Å². The lowest BCUT2D eigenvalue weighted by molar-refractivity contribution is -0.144. The molecule has 0 aliphatic heterocycles. The van der Waals surface area contributed by atoms with Crippen molar-refractivity contribution in [2.24, 2.45) is 5.92 Å². The first-order chi connectivity index (χ1) is 27.5. The maximum atomic E-state index is 12.9. The zero-order valence-corrected chi connectivity index (χ0v) is 38.5. The summed E-state index contributed by atoms with van der Waals surface area (Å²) in [6.07, 6.45) is 44.1. The van der Waals surface area contributed by atoms with Gasteiger partial charge in [0, 0.05) is 25.5 Å². The van der Waals surface area contributed by atoms with Crippen LogP contribution in [-0.4, -0.2) is 60.8 Å². The molecule has 2 N–H and O–H groups in total. The van der Waals surface area contributed by atoms with Gasteiger partial charge in [-0.05, 0) is 83.3 Å². The summed E-state index contributed by atoms with van der Waals surface area (Å²) in [5.41, 5.74) is 0. The minimum absolute atomic E-state index is 0.00423. The standard InChI is InChI=1S/C50H100N2O4/c1-5-9-13-15-19-27-37-48(38-28-20-16-14-10-6-2)51-49(54)39-29-21-17-23-31-42-52(44-33-34-45-53)43-32-24-18-22-30-40-50(55)56-46-41-47(35-25-11-7-3)36-26-12-8-4/h47-48,53H,5-46H2,1-4H3,(H,51,54). The molecule has 6 heteroatoms. The molecular weight excluding hydrogens is 693 g/mol. The molecule has 334 valence electrons. The van der Waals surface area contributed by atoms with Crippen molar-refractivity contribution in [3.63, 3.8) is 0 Å². The normalized spacial score (nSPS) is 11.7. The molecule has 0 unspecified atom stereocenters. The summed E-state index contributed by atoms with van der Waals surface area (Å²) >= 11 is 0. The van der Waals surface area contributed by atoms with Gasteiger partial charge in [-0.1, -0.05) is 195 Å². The Morgan fingerprint density at radius 3 is 1.36 bits per heavy atom. The fourth-order valence-electron chi connectivity index (χ4n) is 8.21. The highest BCUT2D eigenvalue weighted by Gasteiger charge is 2.13. The lowest BCUT2D eigenvalue weighted by Gasteiger charge is -2.22. The van der Waals surface area contributed by atoms with Crippen LogP contribution in [0.4, 0.5) is 0 Å². The molecule has 0 saturated carbocycles. The molecule has 0 aliphatic carbocycles. The maximum Gasteiger partial charge on any atom is 0.305 e. The first-order valence-electron chi connectivity index (χ1n) is 25.3. The summed E-state index contributed by atoms with van der Waals surface area (Å²) in [5, 5.41) is 12.8. The highest BCUT2D eigenvalue weighted by Crippen LogP contribution is 2.21. The van der Waals surface area contributed by atoms with E-state index in [9.17, 15) is 14.7 Å². The maximum absolute atomic E-state index is 12.9. The number of aliphatic hydroxyl groups is 1. The van der Waals surface area contributed by atoms with Crippen molar-refractivity contribution < 1.29 is 19.4 Å². The van der Waals surface area contributed by atoms with Gasteiger partial charge in [0.1, 0.15) is 0 Å². The fraction of sp³-hybridized carbons (Fsp3) is 0.960. The van der Waals surface area contributed by atoms with Gasteiger partial charge in [-0.25, -0.2) is 0 Å². The van der Waals surface area contributed by atoms with E-state index in [0.717, 1.165) is 77.4 Å². The van der Waals surface area contributed by atoms with Crippen LogP contribution in [0, 0.1) is 5.92 Å². The molecule has 0 spiro atoms. The van der Waals surface area contributed by atoms with Gasteiger partial charge < -0.3 is 20.1 Å². The summed E-state index contributed by atoms with van der Waals surface area (Å²) in [4.78, 5) is 27.9. The number of unbranched alkanes of at least 4 members (excludes halogenated alkanes) is 23. The molecule has 0 heterocycles. The summed E-state index contributed by atoms with van der Waals surface area (Å²) in [6, 6.07) is 0.369. The number of carbonyl (C=O) groups is 2. The lowest BCUT2D eigenvalue weighted by atomic mass is 9.92. The molecule has 0 aromatic heterocycles. The fourth-order valence-corrected chi connectivity index (χ4v) is 8.21.